The van der Waals surface area contributed by atoms with E-state index in [0.29, 0.717) is 41.2 Å². The SMILES string of the molecule is CCOc1c(Br)cc(C(=O)NC2CCN(C(=O)C(C)C)CC2)cc1OC. The predicted octanol–water partition coefficient (Wildman–Crippen LogP) is 3.23. The molecule has 0 aliphatic carbocycles. The summed E-state index contributed by atoms with van der Waals surface area (Å²) in [5, 5.41) is 3.06. The number of benzene rings is 1. The molecule has 1 aliphatic rings. The third kappa shape index (κ3) is 4.90. The number of rotatable bonds is 6. The highest BCUT2D eigenvalue weighted by molar-refractivity contribution is 9.10. The van der Waals surface area contributed by atoms with Crippen LogP contribution in [0.5, 0.6) is 11.5 Å². The Morgan fingerprint density at radius 1 is 1.31 bits per heavy atom. The van der Waals surface area contributed by atoms with Crippen molar-refractivity contribution in [1.82, 2.24) is 10.2 Å². The minimum atomic E-state index is -0.152. The van der Waals surface area contributed by atoms with E-state index < -0.39 is 0 Å². The second-order valence-electron chi connectivity index (χ2n) is 6.65. The number of carbonyl (C=O) groups is 2. The Hall–Kier alpha value is -1.76. The first-order valence-electron chi connectivity index (χ1n) is 8.97. The second kappa shape index (κ2) is 9.26. The van der Waals surface area contributed by atoms with Gasteiger partial charge in [0.2, 0.25) is 5.91 Å². The minimum Gasteiger partial charge on any atom is -0.493 e. The molecule has 1 aromatic rings. The quantitative estimate of drug-likeness (QED) is 0.757. The van der Waals surface area contributed by atoms with Crippen LogP contribution in [0.25, 0.3) is 0 Å². The number of nitrogens with one attached hydrogen (secondary N) is 1. The van der Waals surface area contributed by atoms with Gasteiger partial charge in [-0.25, -0.2) is 0 Å². The third-order valence-electron chi connectivity index (χ3n) is 4.42. The molecule has 0 aromatic heterocycles. The average Bonchev–Trinajstić information content (AvgIpc) is 2.63. The maximum absolute atomic E-state index is 12.6. The monoisotopic (exact) mass is 426 g/mol. The van der Waals surface area contributed by atoms with Crippen molar-refractivity contribution in [2.24, 2.45) is 5.92 Å². The van der Waals surface area contributed by atoms with Crippen LogP contribution in [0.1, 0.15) is 44.0 Å². The molecule has 0 saturated carbocycles. The molecular formula is C19H27BrN2O4. The van der Waals surface area contributed by atoms with E-state index in [-0.39, 0.29) is 23.8 Å². The molecule has 1 N–H and O–H groups in total. The van der Waals surface area contributed by atoms with Crippen LogP contribution in [0.3, 0.4) is 0 Å². The summed E-state index contributed by atoms with van der Waals surface area (Å²) in [6.07, 6.45) is 1.53. The van der Waals surface area contributed by atoms with E-state index in [1.165, 1.54) is 0 Å². The summed E-state index contributed by atoms with van der Waals surface area (Å²) in [5.41, 5.74) is 0.512. The van der Waals surface area contributed by atoms with Crippen molar-refractivity contribution in [2.45, 2.75) is 39.7 Å². The topological polar surface area (TPSA) is 67.9 Å². The van der Waals surface area contributed by atoms with Gasteiger partial charge >= 0.3 is 0 Å². The number of methoxy groups -OCH3 is 1. The summed E-state index contributed by atoms with van der Waals surface area (Å²) in [5.74, 6) is 1.14. The van der Waals surface area contributed by atoms with Gasteiger partial charge in [0.15, 0.2) is 11.5 Å². The zero-order valence-electron chi connectivity index (χ0n) is 15.8. The van der Waals surface area contributed by atoms with E-state index in [1.54, 1.807) is 19.2 Å². The molecular weight excluding hydrogens is 400 g/mol. The number of carbonyl (C=O) groups excluding carboxylic acids is 2. The van der Waals surface area contributed by atoms with Gasteiger partial charge in [-0.15, -0.1) is 0 Å². The molecule has 0 radical (unpaired) electrons. The first kappa shape index (κ1) is 20.6. The molecule has 1 aromatic carbocycles. The van der Waals surface area contributed by atoms with Crippen molar-refractivity contribution in [2.75, 3.05) is 26.8 Å². The summed E-state index contributed by atoms with van der Waals surface area (Å²) < 4.78 is 11.6. The van der Waals surface area contributed by atoms with E-state index in [2.05, 4.69) is 21.2 Å². The Kier molecular flexibility index (Phi) is 7.32. The van der Waals surface area contributed by atoms with Crippen molar-refractivity contribution >= 4 is 27.7 Å². The first-order chi connectivity index (χ1) is 12.4. The Balaban J connectivity index is 2.00. The first-order valence-corrected chi connectivity index (χ1v) is 9.76. The van der Waals surface area contributed by atoms with Gasteiger partial charge in [0, 0.05) is 30.6 Å². The maximum atomic E-state index is 12.6. The van der Waals surface area contributed by atoms with Crippen LogP contribution in [0.15, 0.2) is 16.6 Å². The van der Waals surface area contributed by atoms with Crippen LogP contribution in [-0.4, -0.2) is 49.6 Å². The van der Waals surface area contributed by atoms with Crippen molar-refractivity contribution < 1.29 is 19.1 Å². The lowest BCUT2D eigenvalue weighted by molar-refractivity contribution is -0.135. The van der Waals surface area contributed by atoms with Crippen LogP contribution >= 0.6 is 15.9 Å². The molecule has 6 nitrogen and oxygen atoms in total. The smallest absolute Gasteiger partial charge is 0.251 e. The van der Waals surface area contributed by atoms with Gasteiger partial charge in [0.05, 0.1) is 18.2 Å². The number of amides is 2. The molecule has 2 amide bonds. The molecule has 7 heteroatoms. The van der Waals surface area contributed by atoms with Crippen LogP contribution in [-0.2, 0) is 4.79 Å². The van der Waals surface area contributed by atoms with E-state index >= 15 is 0 Å². The molecule has 1 heterocycles. The fraction of sp³-hybridized carbons (Fsp3) is 0.579. The molecule has 2 rings (SSSR count). The number of nitrogens with zero attached hydrogens (tertiary/aromatic N) is 1. The number of likely N-dealkylation sites (tertiary alicyclic amines) is 1. The van der Waals surface area contributed by atoms with Crippen LogP contribution in [0, 0.1) is 5.92 Å². The van der Waals surface area contributed by atoms with Crippen molar-refractivity contribution in [3.63, 3.8) is 0 Å². The standard InChI is InChI=1S/C19H27BrN2O4/c1-5-26-17-15(20)10-13(11-16(17)25-4)18(23)21-14-6-8-22(9-7-14)19(24)12(2)3/h10-12,14H,5-9H2,1-4H3,(H,21,23). The Labute approximate surface area is 163 Å². The number of hydrogen-bond donors (Lipinski definition) is 1. The Morgan fingerprint density at radius 3 is 2.50 bits per heavy atom. The molecule has 1 aliphatic heterocycles. The zero-order chi connectivity index (χ0) is 19.3. The van der Waals surface area contributed by atoms with Gasteiger partial charge in [0.1, 0.15) is 0 Å². The van der Waals surface area contributed by atoms with Crippen molar-refractivity contribution in [3.05, 3.63) is 22.2 Å². The van der Waals surface area contributed by atoms with Gasteiger partial charge in [-0.2, -0.15) is 0 Å². The predicted molar refractivity (Wildman–Crippen MR) is 104 cm³/mol. The highest BCUT2D eigenvalue weighted by atomic mass is 79.9. The lowest BCUT2D eigenvalue weighted by atomic mass is 10.0. The van der Waals surface area contributed by atoms with Gasteiger partial charge in [-0.05, 0) is 47.8 Å². The fourth-order valence-corrected chi connectivity index (χ4v) is 3.57. The normalized spacial score (nSPS) is 15.1. The van der Waals surface area contributed by atoms with E-state index in [4.69, 9.17) is 9.47 Å². The molecule has 26 heavy (non-hydrogen) atoms. The zero-order valence-corrected chi connectivity index (χ0v) is 17.4. The number of piperidine rings is 1. The summed E-state index contributed by atoms with van der Waals surface area (Å²) in [4.78, 5) is 26.5. The van der Waals surface area contributed by atoms with Gasteiger partial charge < -0.3 is 19.7 Å². The van der Waals surface area contributed by atoms with E-state index in [1.807, 2.05) is 25.7 Å². The summed E-state index contributed by atoms with van der Waals surface area (Å²) in [6.45, 7) is 7.58. The molecule has 0 bridgehead atoms. The lowest BCUT2D eigenvalue weighted by Crippen LogP contribution is -2.47. The Bertz CT molecular complexity index is 655. The van der Waals surface area contributed by atoms with Gasteiger partial charge in [0.25, 0.3) is 5.91 Å². The largest absolute Gasteiger partial charge is 0.493 e. The molecule has 0 atom stereocenters. The fourth-order valence-electron chi connectivity index (χ4n) is 3.01. The molecule has 1 fully saturated rings. The molecule has 1 saturated heterocycles. The maximum Gasteiger partial charge on any atom is 0.251 e. The summed E-state index contributed by atoms with van der Waals surface area (Å²) in [7, 11) is 1.55. The lowest BCUT2D eigenvalue weighted by Gasteiger charge is -2.33. The number of ether oxygens (including phenoxy) is 2. The highest BCUT2D eigenvalue weighted by Crippen LogP contribution is 2.36. The highest BCUT2D eigenvalue weighted by Gasteiger charge is 2.26. The van der Waals surface area contributed by atoms with Crippen LogP contribution in [0.4, 0.5) is 0 Å². The second-order valence-corrected chi connectivity index (χ2v) is 7.50. The third-order valence-corrected chi connectivity index (χ3v) is 5.01. The summed E-state index contributed by atoms with van der Waals surface area (Å²) in [6, 6.07) is 3.48. The average molecular weight is 427 g/mol. The van der Waals surface area contributed by atoms with Gasteiger partial charge in [-0.1, -0.05) is 13.8 Å². The van der Waals surface area contributed by atoms with Crippen LogP contribution in [0.2, 0.25) is 0 Å². The summed E-state index contributed by atoms with van der Waals surface area (Å²) >= 11 is 3.44. The molecule has 0 spiro atoms. The van der Waals surface area contributed by atoms with Crippen LogP contribution < -0.4 is 14.8 Å². The van der Waals surface area contributed by atoms with Crippen molar-refractivity contribution in [1.29, 1.82) is 0 Å². The van der Waals surface area contributed by atoms with E-state index in [0.717, 1.165) is 12.8 Å². The number of halogens is 1. The van der Waals surface area contributed by atoms with Gasteiger partial charge in [-0.3, -0.25) is 9.59 Å². The Morgan fingerprint density at radius 2 is 1.96 bits per heavy atom. The van der Waals surface area contributed by atoms with Crippen molar-refractivity contribution in [3.8, 4) is 11.5 Å². The number of hydrogen-bond acceptors (Lipinski definition) is 4. The van der Waals surface area contributed by atoms with E-state index in [9.17, 15) is 9.59 Å². The molecule has 0 unspecified atom stereocenters. The minimum absolute atomic E-state index is 0.00908. The molecule has 144 valence electrons.